The van der Waals surface area contributed by atoms with Gasteiger partial charge in [-0.3, -0.25) is 0 Å². The van der Waals surface area contributed by atoms with E-state index in [4.69, 9.17) is 5.11 Å². The predicted octanol–water partition coefficient (Wildman–Crippen LogP) is 4.66. The molecule has 1 unspecified atom stereocenters. The standard InChI is InChI=1S/C10H13N.C6H13N.C5H6N2O2.C5H10.W/c1-11-7-6-9-4-2-3-5-10(9)8-11;1-6-4-3-5-7(6)2;1-7-3-4(2-6-7)5(8)9;1-3-5-4-2;/h2-5H,6-8H2,1H3;6H,3-5H2,1-2H3;2H,3H2,1H3;1-5H2;/q;;;-2;+2/p+1. The number of aliphatic carboxylic acids is 1. The molecule has 6 nitrogen and oxygen atoms in total. The monoisotopic (exact) mass is 627 g/mol. The van der Waals surface area contributed by atoms with Crippen molar-refractivity contribution in [1.82, 2.24) is 9.80 Å². The van der Waals surface area contributed by atoms with E-state index in [0.29, 0.717) is 12.1 Å². The van der Waals surface area contributed by atoms with Gasteiger partial charge in [-0.25, -0.2) is 4.79 Å². The smallest absolute Gasteiger partial charge is 0.478 e. The van der Waals surface area contributed by atoms with Crippen LogP contribution in [0, 0.1) is 13.8 Å². The number of azo groups is 2. The van der Waals surface area contributed by atoms with Crippen LogP contribution in [-0.4, -0.2) is 72.4 Å². The van der Waals surface area contributed by atoms with E-state index in [1.165, 1.54) is 56.1 Å². The maximum Gasteiger partial charge on any atom is 2.00 e. The number of hydrogen-bond acceptors (Lipinski definition) is 4. The third-order valence-corrected chi connectivity index (χ3v) is 5.79. The van der Waals surface area contributed by atoms with Crippen molar-refractivity contribution in [2.24, 2.45) is 5.11 Å². The van der Waals surface area contributed by atoms with Crippen LogP contribution in [0.1, 0.15) is 50.2 Å². The predicted molar refractivity (Wildman–Crippen MR) is 132 cm³/mol. The van der Waals surface area contributed by atoms with E-state index in [1.807, 2.05) is 0 Å². The Balaban J connectivity index is 0.000000426. The Hall–Kier alpha value is -1.36. The van der Waals surface area contributed by atoms with E-state index >= 15 is 0 Å². The van der Waals surface area contributed by atoms with Gasteiger partial charge in [0.25, 0.3) is 0 Å². The van der Waals surface area contributed by atoms with Crippen molar-refractivity contribution in [3.05, 3.63) is 61.0 Å². The molecular formula is C26H43N4O2W+. The van der Waals surface area contributed by atoms with Crippen LogP contribution in [0.4, 0.5) is 0 Å². The van der Waals surface area contributed by atoms with Gasteiger partial charge in [0.2, 0.25) is 6.54 Å². The summed E-state index contributed by atoms with van der Waals surface area (Å²) in [5.41, 5.74) is 3.38. The summed E-state index contributed by atoms with van der Waals surface area (Å²) in [6.07, 6.45) is 8.61. The summed E-state index contributed by atoms with van der Waals surface area (Å²) in [6.45, 7) is 13.6. The Morgan fingerprint density at radius 3 is 2.18 bits per heavy atom. The number of nitrogens with zero attached hydrogens (tertiary/aromatic N) is 4. The largest absolute Gasteiger partial charge is 2.00 e. The topological polar surface area (TPSA) is 59.2 Å². The average Bonchev–Trinajstić information content (AvgIpc) is 3.38. The SMILES string of the molecule is CC1CCCN1C.CN1CCc2ccccc2C1.C[N+]1=NC=C(C(=O)O)C1.[CH2-]CCC[CH2-].[W+2]. The van der Waals surface area contributed by atoms with Crippen molar-refractivity contribution < 1.29 is 35.7 Å². The van der Waals surface area contributed by atoms with Gasteiger partial charge in [-0.2, -0.15) is 12.8 Å². The molecular weight excluding hydrogens is 584 g/mol. The molecule has 0 amide bonds. The second kappa shape index (κ2) is 18.0. The van der Waals surface area contributed by atoms with Gasteiger partial charge in [-0.1, -0.05) is 24.3 Å². The summed E-state index contributed by atoms with van der Waals surface area (Å²) in [5.74, 6) is -0.886. The molecule has 0 spiro atoms. The number of carboxylic acids is 1. The van der Waals surface area contributed by atoms with Crippen LogP contribution in [0.15, 0.2) is 41.2 Å². The first-order valence-electron chi connectivity index (χ1n) is 11.7. The first-order chi connectivity index (χ1) is 15.3. The number of carboxylic acid groups (broad SMARTS) is 1. The van der Waals surface area contributed by atoms with E-state index in [0.717, 1.165) is 25.4 Å². The first kappa shape index (κ1) is 31.6. The molecule has 0 bridgehead atoms. The van der Waals surface area contributed by atoms with Crippen LogP contribution in [0.2, 0.25) is 0 Å². The number of unbranched alkanes of at least 4 members (excludes halogenated alkanes) is 2. The van der Waals surface area contributed by atoms with Gasteiger partial charge in [0.15, 0.2) is 7.05 Å². The Bertz CT molecular complexity index is 742. The molecule has 1 aromatic rings. The summed E-state index contributed by atoms with van der Waals surface area (Å²) in [4.78, 5) is 15.0. The second-order valence-electron chi connectivity index (χ2n) is 8.68. The van der Waals surface area contributed by atoms with E-state index in [9.17, 15) is 4.79 Å². The van der Waals surface area contributed by atoms with Crippen LogP contribution in [0.3, 0.4) is 0 Å². The zero-order chi connectivity index (χ0) is 23.9. The van der Waals surface area contributed by atoms with Crippen LogP contribution in [0.5, 0.6) is 0 Å². The minimum atomic E-state index is -0.886. The van der Waals surface area contributed by atoms with Crippen molar-refractivity contribution in [2.75, 3.05) is 40.8 Å². The molecule has 1 N–H and O–H groups in total. The number of carbonyl (C=O) groups is 1. The Morgan fingerprint density at radius 2 is 1.82 bits per heavy atom. The fourth-order valence-corrected chi connectivity index (χ4v) is 3.51. The quantitative estimate of drug-likeness (QED) is 0.392. The number of benzene rings is 1. The molecule has 33 heavy (non-hydrogen) atoms. The second-order valence-corrected chi connectivity index (χ2v) is 8.68. The average molecular weight is 627 g/mol. The molecule has 7 heteroatoms. The number of fused-ring (bicyclic) bond motifs is 1. The first-order valence-corrected chi connectivity index (χ1v) is 11.7. The molecule has 1 fully saturated rings. The maximum atomic E-state index is 10.2. The summed E-state index contributed by atoms with van der Waals surface area (Å²) >= 11 is 0. The molecule has 1 aromatic carbocycles. The van der Waals surface area contributed by atoms with Crippen molar-refractivity contribution >= 4 is 5.97 Å². The van der Waals surface area contributed by atoms with E-state index < -0.39 is 5.97 Å². The zero-order valence-corrected chi connectivity index (χ0v) is 23.9. The zero-order valence-electron chi connectivity index (χ0n) is 21.0. The third kappa shape index (κ3) is 13.2. The molecule has 0 aromatic heterocycles. The number of hydrogen-bond donors (Lipinski definition) is 1. The van der Waals surface area contributed by atoms with Crippen molar-refractivity contribution in [3.63, 3.8) is 0 Å². The van der Waals surface area contributed by atoms with Gasteiger partial charge >= 0.3 is 27.0 Å². The fraction of sp³-hybridized carbons (Fsp3) is 0.577. The van der Waals surface area contributed by atoms with E-state index in [-0.39, 0.29) is 21.1 Å². The van der Waals surface area contributed by atoms with Crippen LogP contribution in [0.25, 0.3) is 0 Å². The van der Waals surface area contributed by atoms with E-state index in [2.05, 4.69) is 74.0 Å². The number of likely N-dealkylation sites (N-methyl/N-ethyl adjacent to an activating group) is 2. The molecule has 0 aliphatic carbocycles. The molecule has 3 aliphatic heterocycles. The Labute approximate surface area is 216 Å². The molecule has 1 saturated heterocycles. The van der Waals surface area contributed by atoms with Gasteiger partial charge in [-0.15, -0.1) is 11.1 Å². The summed E-state index contributed by atoms with van der Waals surface area (Å²) in [6, 6.07) is 9.56. The van der Waals surface area contributed by atoms with Gasteiger partial charge < -0.3 is 28.8 Å². The summed E-state index contributed by atoms with van der Waals surface area (Å²) in [7, 11) is 6.10. The third-order valence-electron chi connectivity index (χ3n) is 5.79. The number of likely N-dealkylation sites (tertiary alicyclic amines) is 1. The fourth-order valence-electron chi connectivity index (χ4n) is 3.51. The molecule has 3 aliphatic rings. The van der Waals surface area contributed by atoms with Crippen LogP contribution in [-0.2, 0) is 38.8 Å². The molecule has 1 atom stereocenters. The summed E-state index contributed by atoms with van der Waals surface area (Å²) in [5, 5.41) is 12.1. The molecule has 0 radical (unpaired) electrons. The van der Waals surface area contributed by atoms with Crippen molar-refractivity contribution in [3.8, 4) is 0 Å². The van der Waals surface area contributed by atoms with E-state index in [1.54, 1.807) is 11.7 Å². The van der Waals surface area contributed by atoms with Gasteiger partial charge in [-0.05, 0) is 63.1 Å². The molecule has 3 heterocycles. The van der Waals surface area contributed by atoms with Gasteiger partial charge in [0.05, 0.1) is 0 Å². The number of rotatable bonds is 3. The minimum Gasteiger partial charge on any atom is -0.478 e. The Morgan fingerprint density at radius 1 is 1.18 bits per heavy atom. The van der Waals surface area contributed by atoms with Crippen molar-refractivity contribution in [1.29, 1.82) is 0 Å². The molecule has 4 rings (SSSR count). The van der Waals surface area contributed by atoms with Gasteiger partial charge in [0.1, 0.15) is 11.8 Å². The van der Waals surface area contributed by atoms with Gasteiger partial charge in [0, 0.05) is 19.1 Å². The molecule has 0 saturated carbocycles. The normalized spacial score (nSPS) is 19.2. The maximum absolute atomic E-state index is 10.2. The van der Waals surface area contributed by atoms with Crippen LogP contribution < -0.4 is 0 Å². The summed E-state index contributed by atoms with van der Waals surface area (Å²) < 4.78 is 1.57. The minimum absolute atomic E-state index is 0. The van der Waals surface area contributed by atoms with Crippen molar-refractivity contribution in [2.45, 2.75) is 58.0 Å². The molecule has 184 valence electrons. The Kier molecular flexibility index (Phi) is 17.3. The van der Waals surface area contributed by atoms with Crippen LogP contribution >= 0.6 is 0 Å².